The average molecular weight is 263 g/mol. The van der Waals surface area contributed by atoms with Crippen LogP contribution in [0.15, 0.2) is 66.7 Å². The van der Waals surface area contributed by atoms with Crippen molar-refractivity contribution >= 4 is 34.7 Å². The number of benzene rings is 3. The minimum atomic E-state index is -1.47. The van der Waals surface area contributed by atoms with Crippen molar-refractivity contribution in [3.8, 4) is 0 Å². The van der Waals surface area contributed by atoms with Crippen LogP contribution < -0.4 is 10.8 Å². The Morgan fingerprint density at radius 1 is 0.750 bits per heavy atom. The lowest BCUT2D eigenvalue weighted by atomic mass is 9.77. The van der Waals surface area contributed by atoms with Crippen LogP contribution >= 0.6 is 0 Å². The highest BCUT2D eigenvalue weighted by molar-refractivity contribution is 6.62. The Morgan fingerprint density at radius 3 is 2.30 bits per heavy atom. The molecule has 0 heterocycles. The normalized spacial score (nSPS) is 10.5. The molecule has 0 aliphatic rings. The lowest BCUT2D eigenvalue weighted by Gasteiger charge is -2.10. The van der Waals surface area contributed by atoms with Crippen molar-refractivity contribution < 1.29 is 10.0 Å². The van der Waals surface area contributed by atoms with Crippen molar-refractivity contribution in [3.63, 3.8) is 0 Å². The molecule has 0 fully saturated rings. The maximum absolute atomic E-state index is 9.44. The van der Waals surface area contributed by atoms with Crippen molar-refractivity contribution in [2.75, 3.05) is 5.32 Å². The maximum Gasteiger partial charge on any atom is 0.489 e. The van der Waals surface area contributed by atoms with Crippen LogP contribution in [0, 0.1) is 0 Å². The lowest BCUT2D eigenvalue weighted by molar-refractivity contribution is 0.426. The Morgan fingerprint density at radius 2 is 1.55 bits per heavy atom. The fourth-order valence-corrected chi connectivity index (χ4v) is 2.29. The molecule has 0 amide bonds. The molecule has 0 saturated carbocycles. The first kappa shape index (κ1) is 12.7. The Bertz CT molecular complexity index is 729. The van der Waals surface area contributed by atoms with E-state index in [1.807, 2.05) is 60.7 Å². The van der Waals surface area contributed by atoms with Crippen molar-refractivity contribution in [2.24, 2.45) is 0 Å². The van der Waals surface area contributed by atoms with Gasteiger partial charge in [0, 0.05) is 11.4 Å². The maximum atomic E-state index is 9.44. The zero-order valence-electron chi connectivity index (χ0n) is 10.8. The summed E-state index contributed by atoms with van der Waals surface area (Å²) in [7, 11) is -1.47. The first-order valence-corrected chi connectivity index (χ1v) is 6.45. The van der Waals surface area contributed by atoms with E-state index >= 15 is 0 Å². The SMILES string of the molecule is OB(O)c1cccc2ccc(Nc3ccccc3)cc12. The van der Waals surface area contributed by atoms with E-state index in [0.717, 1.165) is 22.1 Å². The number of hydrogen-bond donors (Lipinski definition) is 3. The molecule has 3 aromatic carbocycles. The van der Waals surface area contributed by atoms with Gasteiger partial charge >= 0.3 is 7.12 Å². The van der Waals surface area contributed by atoms with Gasteiger partial charge in [-0.2, -0.15) is 0 Å². The van der Waals surface area contributed by atoms with Crippen LogP contribution in [0.2, 0.25) is 0 Å². The van der Waals surface area contributed by atoms with Crippen LogP contribution in [0.4, 0.5) is 11.4 Å². The topological polar surface area (TPSA) is 52.5 Å². The Kier molecular flexibility index (Phi) is 3.42. The second kappa shape index (κ2) is 5.37. The van der Waals surface area contributed by atoms with Gasteiger partial charge in [0.15, 0.2) is 0 Å². The minimum absolute atomic E-state index is 0.513. The van der Waals surface area contributed by atoms with Gasteiger partial charge in [0.25, 0.3) is 0 Å². The van der Waals surface area contributed by atoms with Gasteiger partial charge in [0.05, 0.1) is 0 Å². The summed E-state index contributed by atoms with van der Waals surface area (Å²) in [5.41, 5.74) is 2.42. The molecule has 0 atom stereocenters. The van der Waals surface area contributed by atoms with Gasteiger partial charge in [-0.1, -0.05) is 42.5 Å². The van der Waals surface area contributed by atoms with Crippen LogP contribution in [0.25, 0.3) is 10.8 Å². The second-order valence-corrected chi connectivity index (χ2v) is 4.65. The van der Waals surface area contributed by atoms with E-state index in [1.54, 1.807) is 6.07 Å². The predicted octanol–water partition coefficient (Wildman–Crippen LogP) is 2.26. The molecule has 3 nitrogen and oxygen atoms in total. The summed E-state index contributed by atoms with van der Waals surface area (Å²) >= 11 is 0. The molecule has 0 saturated heterocycles. The highest BCUT2D eigenvalue weighted by Crippen LogP contribution is 2.21. The molecule has 98 valence electrons. The van der Waals surface area contributed by atoms with E-state index in [9.17, 15) is 10.0 Å². The average Bonchev–Trinajstić information content (AvgIpc) is 2.47. The zero-order valence-corrected chi connectivity index (χ0v) is 10.8. The Balaban J connectivity index is 2.03. The molecular formula is C16H14BNO2. The van der Waals surface area contributed by atoms with Crippen LogP contribution in [0.5, 0.6) is 0 Å². The van der Waals surface area contributed by atoms with E-state index in [1.165, 1.54) is 0 Å². The summed E-state index contributed by atoms with van der Waals surface area (Å²) in [6, 6.07) is 21.2. The first-order chi connectivity index (χ1) is 9.74. The highest BCUT2D eigenvalue weighted by atomic mass is 16.4. The number of para-hydroxylation sites is 1. The van der Waals surface area contributed by atoms with Crippen LogP contribution in [-0.2, 0) is 0 Å². The van der Waals surface area contributed by atoms with Gasteiger partial charge in [-0.3, -0.25) is 0 Å². The Labute approximate surface area is 117 Å². The number of hydrogen-bond acceptors (Lipinski definition) is 3. The van der Waals surface area contributed by atoms with Gasteiger partial charge in [0.1, 0.15) is 0 Å². The summed E-state index contributed by atoms with van der Waals surface area (Å²) in [6.07, 6.45) is 0. The molecule has 0 aliphatic carbocycles. The molecule has 0 bridgehead atoms. The Hall–Kier alpha value is -2.30. The molecule has 0 aliphatic heterocycles. The van der Waals surface area contributed by atoms with Crippen molar-refractivity contribution in [2.45, 2.75) is 0 Å². The summed E-state index contributed by atoms with van der Waals surface area (Å²) in [5, 5.41) is 24.0. The molecule has 3 rings (SSSR count). The molecule has 3 aromatic rings. The van der Waals surface area contributed by atoms with E-state index in [4.69, 9.17) is 0 Å². The van der Waals surface area contributed by atoms with Gasteiger partial charge in [-0.15, -0.1) is 0 Å². The summed E-state index contributed by atoms with van der Waals surface area (Å²) in [6.45, 7) is 0. The molecule has 0 spiro atoms. The fraction of sp³-hybridized carbons (Fsp3) is 0. The van der Waals surface area contributed by atoms with Crippen molar-refractivity contribution in [1.82, 2.24) is 0 Å². The smallest absolute Gasteiger partial charge is 0.423 e. The molecule has 0 unspecified atom stereocenters. The highest BCUT2D eigenvalue weighted by Gasteiger charge is 2.14. The van der Waals surface area contributed by atoms with Gasteiger partial charge in [-0.05, 0) is 40.5 Å². The number of anilines is 2. The van der Waals surface area contributed by atoms with Gasteiger partial charge in [-0.25, -0.2) is 0 Å². The van der Waals surface area contributed by atoms with Crippen molar-refractivity contribution in [3.05, 3.63) is 66.7 Å². The third-order valence-electron chi connectivity index (χ3n) is 3.26. The molecule has 3 N–H and O–H groups in total. The number of fused-ring (bicyclic) bond motifs is 1. The quantitative estimate of drug-likeness (QED) is 0.635. The molecular weight excluding hydrogens is 249 g/mol. The molecule has 0 radical (unpaired) electrons. The van der Waals surface area contributed by atoms with E-state index in [-0.39, 0.29) is 0 Å². The van der Waals surface area contributed by atoms with Gasteiger partial charge < -0.3 is 15.4 Å². The summed E-state index contributed by atoms with van der Waals surface area (Å²) in [4.78, 5) is 0. The van der Waals surface area contributed by atoms with Gasteiger partial charge in [0.2, 0.25) is 0 Å². The minimum Gasteiger partial charge on any atom is -0.423 e. The van der Waals surface area contributed by atoms with Crippen LogP contribution in [0.1, 0.15) is 0 Å². The van der Waals surface area contributed by atoms with E-state index < -0.39 is 7.12 Å². The van der Waals surface area contributed by atoms with E-state index in [0.29, 0.717) is 5.46 Å². The van der Waals surface area contributed by atoms with Crippen LogP contribution in [-0.4, -0.2) is 17.2 Å². The zero-order chi connectivity index (χ0) is 13.9. The monoisotopic (exact) mass is 263 g/mol. The largest absolute Gasteiger partial charge is 0.489 e. The first-order valence-electron chi connectivity index (χ1n) is 6.45. The summed E-state index contributed by atoms with van der Waals surface area (Å²) in [5.74, 6) is 0. The molecule has 20 heavy (non-hydrogen) atoms. The third-order valence-corrected chi connectivity index (χ3v) is 3.26. The molecule has 0 aromatic heterocycles. The van der Waals surface area contributed by atoms with Crippen molar-refractivity contribution in [1.29, 1.82) is 0 Å². The molecule has 4 heteroatoms. The standard InChI is InChI=1S/C16H14BNO2/c19-17(20)16-8-4-5-12-9-10-14(11-15(12)16)18-13-6-2-1-3-7-13/h1-11,18-20H. The van der Waals surface area contributed by atoms with Crippen LogP contribution in [0.3, 0.4) is 0 Å². The lowest BCUT2D eigenvalue weighted by Crippen LogP contribution is -2.30. The number of nitrogens with one attached hydrogen (secondary N) is 1. The van der Waals surface area contributed by atoms with E-state index in [2.05, 4.69) is 5.32 Å². The predicted molar refractivity (Wildman–Crippen MR) is 83.5 cm³/mol. The third kappa shape index (κ3) is 2.52. The number of rotatable bonds is 3. The fourth-order valence-electron chi connectivity index (χ4n) is 2.29. The second-order valence-electron chi connectivity index (χ2n) is 4.65. The summed E-state index contributed by atoms with van der Waals surface area (Å²) < 4.78 is 0.